The summed E-state index contributed by atoms with van der Waals surface area (Å²) in [5.74, 6) is 1.15. The summed E-state index contributed by atoms with van der Waals surface area (Å²) in [7, 11) is 3.88. The second-order valence-corrected chi connectivity index (χ2v) is 6.26. The Labute approximate surface area is 125 Å². The fraction of sp³-hybridized carbons (Fsp3) is 0.786. The second kappa shape index (κ2) is 7.69. The first-order valence-electron chi connectivity index (χ1n) is 7.45. The summed E-state index contributed by atoms with van der Waals surface area (Å²) in [6.45, 7) is 2.06. The lowest BCUT2D eigenvalue weighted by molar-refractivity contribution is 0.191. The lowest BCUT2D eigenvalue weighted by Gasteiger charge is -2.31. The first-order chi connectivity index (χ1) is 9.72. The second-order valence-electron chi connectivity index (χ2n) is 5.48. The minimum atomic E-state index is 0.472. The van der Waals surface area contributed by atoms with Gasteiger partial charge in [0.15, 0.2) is 16.6 Å². The molecule has 0 radical (unpaired) electrons. The maximum absolute atomic E-state index is 5.73. The number of methoxy groups -OCH3 is 1. The predicted octanol–water partition coefficient (Wildman–Crippen LogP) is 2.80. The van der Waals surface area contributed by atoms with Crippen molar-refractivity contribution in [2.45, 2.75) is 44.6 Å². The van der Waals surface area contributed by atoms with Crippen molar-refractivity contribution in [3.63, 3.8) is 0 Å². The number of anilines is 2. The Bertz CT molecular complexity index is 404. The summed E-state index contributed by atoms with van der Waals surface area (Å²) < 4.78 is 9.34. The van der Waals surface area contributed by atoms with Gasteiger partial charge in [-0.3, -0.25) is 0 Å². The van der Waals surface area contributed by atoms with Gasteiger partial charge in [0.25, 0.3) is 0 Å². The molecule has 6 heteroatoms. The van der Waals surface area contributed by atoms with Gasteiger partial charge in [-0.25, -0.2) is 0 Å². The molecule has 0 aliphatic heterocycles. The van der Waals surface area contributed by atoms with Gasteiger partial charge in [0.1, 0.15) is 0 Å². The SMILES string of the molecule is COc1c(N)nsc1NCCCN(C)C1CCCCC1. The van der Waals surface area contributed by atoms with E-state index < -0.39 is 0 Å². The zero-order valence-electron chi connectivity index (χ0n) is 12.5. The molecule has 1 heterocycles. The zero-order valence-corrected chi connectivity index (χ0v) is 13.3. The summed E-state index contributed by atoms with van der Waals surface area (Å²) in [4.78, 5) is 2.51. The molecule has 114 valence electrons. The van der Waals surface area contributed by atoms with E-state index in [1.165, 1.54) is 43.6 Å². The van der Waals surface area contributed by atoms with Crippen molar-refractivity contribution < 1.29 is 4.74 Å². The fourth-order valence-electron chi connectivity index (χ4n) is 2.84. The van der Waals surface area contributed by atoms with Crippen LogP contribution in [0.3, 0.4) is 0 Å². The van der Waals surface area contributed by atoms with E-state index in [1.54, 1.807) is 7.11 Å². The molecule has 0 unspecified atom stereocenters. The van der Waals surface area contributed by atoms with Gasteiger partial charge in [-0.2, -0.15) is 4.37 Å². The predicted molar refractivity (Wildman–Crippen MR) is 85.7 cm³/mol. The average molecular weight is 298 g/mol. The summed E-state index contributed by atoms with van der Waals surface area (Å²) in [5, 5.41) is 4.30. The van der Waals surface area contributed by atoms with Crippen LogP contribution < -0.4 is 15.8 Å². The topological polar surface area (TPSA) is 63.4 Å². The van der Waals surface area contributed by atoms with E-state index >= 15 is 0 Å². The average Bonchev–Trinajstić information content (AvgIpc) is 2.84. The molecule has 1 aromatic heterocycles. The maximum atomic E-state index is 5.73. The van der Waals surface area contributed by atoms with Crippen LogP contribution in [-0.4, -0.2) is 42.6 Å². The lowest BCUT2D eigenvalue weighted by atomic mass is 9.94. The molecule has 1 saturated carbocycles. The quantitative estimate of drug-likeness (QED) is 0.758. The molecule has 5 nitrogen and oxygen atoms in total. The minimum Gasteiger partial charge on any atom is -0.490 e. The van der Waals surface area contributed by atoms with Gasteiger partial charge in [-0.15, -0.1) is 0 Å². The van der Waals surface area contributed by atoms with Crippen LogP contribution in [0.25, 0.3) is 0 Å². The van der Waals surface area contributed by atoms with Crippen LogP contribution in [0.2, 0.25) is 0 Å². The standard InChI is InChI=1S/C14H26N4OS/c1-18(11-7-4-3-5-8-11)10-6-9-16-14-12(19-2)13(15)17-20-14/h11,16H,3-10H2,1-2H3,(H2,15,17). The van der Waals surface area contributed by atoms with Crippen molar-refractivity contribution in [3.8, 4) is 5.75 Å². The third-order valence-corrected chi connectivity index (χ3v) is 4.85. The number of nitrogens with zero attached hydrogens (tertiary/aromatic N) is 2. The van der Waals surface area contributed by atoms with Crippen LogP contribution in [0.15, 0.2) is 0 Å². The van der Waals surface area contributed by atoms with Gasteiger partial charge in [-0.1, -0.05) is 19.3 Å². The Morgan fingerprint density at radius 3 is 2.85 bits per heavy atom. The van der Waals surface area contributed by atoms with Crippen LogP contribution in [0, 0.1) is 0 Å². The van der Waals surface area contributed by atoms with E-state index in [2.05, 4.69) is 21.6 Å². The third-order valence-electron chi connectivity index (χ3n) is 4.05. The normalized spacial score (nSPS) is 16.6. The summed E-state index contributed by atoms with van der Waals surface area (Å²) >= 11 is 1.36. The summed E-state index contributed by atoms with van der Waals surface area (Å²) in [5.41, 5.74) is 5.73. The Hall–Kier alpha value is -1.01. The molecule has 2 rings (SSSR count). The fourth-order valence-corrected chi connectivity index (χ4v) is 3.55. The molecule has 0 saturated heterocycles. The number of hydrogen-bond acceptors (Lipinski definition) is 6. The number of nitrogens with one attached hydrogen (secondary N) is 1. The number of nitrogens with two attached hydrogens (primary N) is 1. The number of ether oxygens (including phenoxy) is 1. The van der Waals surface area contributed by atoms with E-state index in [-0.39, 0.29) is 0 Å². The minimum absolute atomic E-state index is 0.472. The first-order valence-corrected chi connectivity index (χ1v) is 8.23. The Balaban J connectivity index is 1.68. The zero-order chi connectivity index (χ0) is 14.4. The third kappa shape index (κ3) is 3.99. The molecule has 0 atom stereocenters. The number of hydrogen-bond donors (Lipinski definition) is 2. The van der Waals surface area contributed by atoms with Crippen LogP contribution in [0.4, 0.5) is 10.8 Å². The van der Waals surface area contributed by atoms with E-state index in [0.717, 1.165) is 30.6 Å². The van der Waals surface area contributed by atoms with Gasteiger partial charge in [-0.05, 0) is 44.4 Å². The smallest absolute Gasteiger partial charge is 0.197 e. The highest BCUT2D eigenvalue weighted by molar-refractivity contribution is 7.11. The molecule has 0 amide bonds. The molecule has 0 spiro atoms. The van der Waals surface area contributed by atoms with Crippen molar-refractivity contribution in [1.82, 2.24) is 9.27 Å². The Kier molecular flexibility index (Phi) is 5.91. The van der Waals surface area contributed by atoms with E-state index in [9.17, 15) is 0 Å². The van der Waals surface area contributed by atoms with Crippen LogP contribution in [0.1, 0.15) is 38.5 Å². The molecular weight excluding hydrogens is 272 g/mol. The van der Waals surface area contributed by atoms with Gasteiger partial charge < -0.3 is 20.7 Å². The molecule has 0 bridgehead atoms. The van der Waals surface area contributed by atoms with Gasteiger partial charge in [0.05, 0.1) is 7.11 Å². The summed E-state index contributed by atoms with van der Waals surface area (Å²) in [6.07, 6.45) is 8.05. The maximum Gasteiger partial charge on any atom is 0.197 e. The number of aromatic nitrogens is 1. The number of rotatable bonds is 7. The molecule has 3 N–H and O–H groups in total. The molecule has 0 aromatic carbocycles. The van der Waals surface area contributed by atoms with E-state index in [4.69, 9.17) is 10.5 Å². The lowest BCUT2D eigenvalue weighted by Crippen LogP contribution is -2.34. The summed E-state index contributed by atoms with van der Waals surface area (Å²) in [6, 6.07) is 0.789. The molecule has 1 fully saturated rings. The molecular formula is C14H26N4OS. The van der Waals surface area contributed by atoms with Gasteiger partial charge in [0, 0.05) is 12.6 Å². The van der Waals surface area contributed by atoms with Gasteiger partial charge >= 0.3 is 0 Å². The van der Waals surface area contributed by atoms with Crippen LogP contribution in [0.5, 0.6) is 5.75 Å². The molecule has 20 heavy (non-hydrogen) atoms. The Morgan fingerprint density at radius 2 is 2.15 bits per heavy atom. The van der Waals surface area contributed by atoms with Crippen LogP contribution >= 0.6 is 11.5 Å². The highest BCUT2D eigenvalue weighted by atomic mass is 32.1. The van der Waals surface area contributed by atoms with E-state index in [0.29, 0.717) is 11.6 Å². The molecule has 1 aliphatic rings. The van der Waals surface area contributed by atoms with Gasteiger partial charge in [0.2, 0.25) is 0 Å². The molecule has 1 aromatic rings. The largest absolute Gasteiger partial charge is 0.490 e. The van der Waals surface area contributed by atoms with Crippen molar-refractivity contribution in [2.75, 3.05) is 38.3 Å². The van der Waals surface area contributed by atoms with Crippen molar-refractivity contribution >= 4 is 22.4 Å². The van der Waals surface area contributed by atoms with Crippen molar-refractivity contribution in [2.24, 2.45) is 0 Å². The molecule has 1 aliphatic carbocycles. The monoisotopic (exact) mass is 298 g/mol. The van der Waals surface area contributed by atoms with Crippen LogP contribution in [-0.2, 0) is 0 Å². The van der Waals surface area contributed by atoms with E-state index in [1.807, 2.05) is 0 Å². The first kappa shape index (κ1) is 15.4. The highest BCUT2D eigenvalue weighted by Crippen LogP contribution is 2.34. The van der Waals surface area contributed by atoms with Crippen molar-refractivity contribution in [3.05, 3.63) is 0 Å². The number of nitrogen functional groups attached to an aromatic ring is 1. The van der Waals surface area contributed by atoms with Crippen molar-refractivity contribution in [1.29, 1.82) is 0 Å². The Morgan fingerprint density at radius 1 is 1.40 bits per heavy atom. The highest BCUT2D eigenvalue weighted by Gasteiger charge is 2.17.